The number of fused-ring (bicyclic) bond motifs is 10. The molecule has 0 bridgehead atoms. The normalized spacial score (nSPS) is 12.2. The Balaban J connectivity index is 0.000000128. The van der Waals surface area contributed by atoms with Gasteiger partial charge in [0, 0.05) is 129 Å². The predicted octanol–water partition coefficient (Wildman–Crippen LogP) is 19.1. The van der Waals surface area contributed by atoms with Gasteiger partial charge in [-0.2, -0.15) is 0 Å². The van der Waals surface area contributed by atoms with Crippen molar-refractivity contribution >= 4 is 222 Å². The number of Topliss-reactive ketones (excluding diaryl/α,β-unsaturated/α-hetero) is 4. The van der Waals surface area contributed by atoms with Crippen LogP contribution in [-0.4, -0.2) is 134 Å². The average molecular weight is 2010 g/mol. The van der Waals surface area contributed by atoms with E-state index in [0.717, 1.165) is 111 Å². The number of carbonyl (C=O) groups is 5. The molecule has 15 N–H and O–H groups in total. The van der Waals surface area contributed by atoms with E-state index in [0.29, 0.717) is 192 Å². The third-order valence-electron chi connectivity index (χ3n) is 23.7. The van der Waals surface area contributed by atoms with E-state index in [4.69, 9.17) is 22.9 Å². The van der Waals surface area contributed by atoms with Crippen LogP contribution in [0.2, 0.25) is 0 Å². The summed E-state index contributed by atoms with van der Waals surface area (Å²) in [4.78, 5) is 174. The topological polar surface area (TPSA) is 489 Å². The minimum atomic E-state index is -0.514. The van der Waals surface area contributed by atoms with E-state index in [2.05, 4.69) is 116 Å². The van der Waals surface area contributed by atoms with E-state index >= 15 is 0 Å². The molecule has 20 rings (SSSR count). The number of anilines is 5. The Bertz CT molecular complexity index is 8100. The number of imidazole rings is 1. The van der Waals surface area contributed by atoms with E-state index in [1.807, 2.05) is 141 Å². The fourth-order valence-corrected chi connectivity index (χ4v) is 20.7. The molecular formula is C107H103FN20O10S5. The summed E-state index contributed by atoms with van der Waals surface area (Å²) in [7, 11) is 2.00. The van der Waals surface area contributed by atoms with E-state index in [1.165, 1.54) is 81.6 Å². The van der Waals surface area contributed by atoms with Gasteiger partial charge in [0.25, 0.3) is 27.8 Å². The summed E-state index contributed by atoms with van der Waals surface area (Å²) < 4.78 is 16.2. The number of ketones is 4. The number of aromatic nitrogens is 13. The lowest BCUT2D eigenvalue weighted by Crippen LogP contribution is -2.12. The first-order valence-corrected chi connectivity index (χ1v) is 51.6. The fourth-order valence-electron chi connectivity index (χ4n) is 16.6. The van der Waals surface area contributed by atoms with Gasteiger partial charge < -0.3 is 57.4 Å². The number of halogens is 1. The number of rotatable bonds is 35. The van der Waals surface area contributed by atoms with Crippen LogP contribution in [0.5, 0.6) is 0 Å². The lowest BCUT2D eigenvalue weighted by molar-refractivity contribution is -0.119. The standard InChI is InChI=1S/C22H22FN5O2S.C22H21N3O2S.C22H20N2O2S.C21H21N5O2S.C20H19N5O2S/c1-11-5-15-20(16(23)6-11)27-22(28-21(15)30)31-4-2-3-14(29)9-13-7-12-8-17(24)18(25)10-19(12)26-13;1-25-16(13-15-7-2-5-11-20(15)25)14-17(26)8-6-12-28-22-23-19-10-4-3-9-18(19)21(27)24-22;25-18(14-15-12-16-6-1-2-7-17(16)13-15)8-5-11-27-22-23-20-10-4-3-9-19(20)21(26)24-22;22-16-9-12-8-13(24-19(12)11-17(16)23)10-14(27)4-3-7-29-21-25-18-6-2-1-5-15(18)20(28)26-21;26-17(24-19-21-15-9-3-4-10-16(15)22-19)11-5-6-12-28-20-23-14-8-2-1-7-13(14)18(27)25-20/h5-6,8,10H,2-4,7,9,24-25H2,1H3,(H,27,28,30);2-5,7,9-11,13H,6,8,12,14H2,1H3,(H,23,24,27);1-4,6-7,9-10,12H,5,8,11,13-14H2,(H,23,24,26);1-2,5-6,9,11H,3-4,7-8,10,22-23H2,(H,25,26,28);1-4,7-10H,5-6,11-12H2,(H,23,25,27)(H2,21,22,24,26). The van der Waals surface area contributed by atoms with Gasteiger partial charge in [-0.1, -0.05) is 174 Å². The Morgan fingerprint density at radius 2 is 0.783 bits per heavy atom. The zero-order chi connectivity index (χ0) is 100.0. The van der Waals surface area contributed by atoms with Crippen LogP contribution in [0.25, 0.3) is 82.5 Å². The van der Waals surface area contributed by atoms with Gasteiger partial charge in [-0.25, -0.2) is 34.3 Å². The molecule has 0 atom stereocenters. The zero-order valence-corrected chi connectivity index (χ0v) is 82.5. The van der Waals surface area contributed by atoms with Crippen LogP contribution in [0.1, 0.15) is 123 Å². The van der Waals surface area contributed by atoms with Gasteiger partial charge in [0.05, 0.1) is 94.2 Å². The summed E-state index contributed by atoms with van der Waals surface area (Å²) in [5, 5.41) is 9.30. The molecule has 728 valence electrons. The van der Waals surface area contributed by atoms with Gasteiger partial charge in [0.15, 0.2) is 25.8 Å². The van der Waals surface area contributed by atoms with Crippen molar-refractivity contribution in [3.8, 4) is 0 Å². The van der Waals surface area contributed by atoms with Gasteiger partial charge in [0.1, 0.15) is 34.5 Å². The number of hydrogen-bond acceptors (Lipinski definition) is 27. The first kappa shape index (κ1) is 101. The number of aryl methyl sites for hydroxylation is 2. The molecule has 1 amide bonds. The smallest absolute Gasteiger partial charge is 0.259 e. The van der Waals surface area contributed by atoms with Crippen LogP contribution in [0.15, 0.2) is 278 Å². The van der Waals surface area contributed by atoms with Crippen molar-refractivity contribution in [3.63, 3.8) is 0 Å². The SMILES string of the molecule is Cc1cc(F)c2nc(SCCCC(=O)CC3=Nc4cc(N)c(N)cc4C3)[nH]c(=O)c2c1.Cn1c(CC(=O)CCCSc2nc3ccccc3c(=O)[nH]2)cc2ccccc21.Nc1cc2c(cc1N)N=C(CC(=O)CCCSc1nc3ccccc3c(=O)[nH]1)C2.O=C(CCCCSc1nc2ccccc2c(=O)[nH]1)Nc1nc2ccccc2[nH]1.O=C(CCCSc1nc2ccccc2c(=O)[nH]1)CC1=Cc2ccccc2C1. The summed E-state index contributed by atoms with van der Waals surface area (Å²) in [5.41, 5.74) is 40.9. The second-order valence-electron chi connectivity index (χ2n) is 34.6. The molecule has 0 unspecified atom stereocenters. The van der Waals surface area contributed by atoms with Crippen LogP contribution in [0.4, 0.5) is 44.5 Å². The molecule has 0 saturated carbocycles. The predicted molar refractivity (Wildman–Crippen MR) is 576 cm³/mol. The molecular weight excluding hydrogens is 1900 g/mol. The van der Waals surface area contributed by atoms with Crippen molar-refractivity contribution in [1.82, 2.24) is 64.4 Å². The summed E-state index contributed by atoms with van der Waals surface area (Å²) in [6, 6.07) is 65.4. The number of para-hydroxylation sites is 7. The molecule has 0 saturated heterocycles. The molecule has 0 fully saturated rings. The van der Waals surface area contributed by atoms with E-state index < -0.39 is 5.82 Å². The van der Waals surface area contributed by atoms with Crippen LogP contribution in [0.3, 0.4) is 0 Å². The quantitative estimate of drug-likeness (QED) is 0.00760. The molecule has 1 aliphatic carbocycles. The van der Waals surface area contributed by atoms with Crippen LogP contribution in [-0.2, 0) is 56.7 Å². The van der Waals surface area contributed by atoms with E-state index in [-0.39, 0.29) is 74.2 Å². The molecule has 7 aromatic heterocycles. The van der Waals surface area contributed by atoms with Gasteiger partial charge in [0.2, 0.25) is 11.9 Å². The number of amides is 1. The maximum Gasteiger partial charge on any atom is 0.259 e. The Labute approximate surface area is 840 Å². The summed E-state index contributed by atoms with van der Waals surface area (Å²) >= 11 is 7.21. The highest BCUT2D eigenvalue weighted by Gasteiger charge is 2.24. The number of thioether (sulfide) groups is 5. The molecule has 10 aromatic carbocycles. The number of nitrogen functional groups attached to an aromatic ring is 4. The maximum absolute atomic E-state index is 14.1. The number of unbranched alkanes of at least 4 members (excludes halogenated alkanes) is 1. The number of aromatic amines is 6. The number of hydrogen-bond donors (Lipinski definition) is 11. The molecule has 3 aliphatic rings. The summed E-state index contributed by atoms with van der Waals surface area (Å²) in [6.07, 6.45) is 12.7. The van der Waals surface area contributed by atoms with Crippen molar-refractivity contribution in [1.29, 1.82) is 0 Å². The van der Waals surface area contributed by atoms with Crippen molar-refractivity contribution in [2.24, 2.45) is 17.0 Å². The Morgan fingerprint density at radius 3 is 1.25 bits per heavy atom. The first-order chi connectivity index (χ1) is 69.3. The van der Waals surface area contributed by atoms with E-state index in [1.54, 1.807) is 49.4 Å². The average Bonchev–Trinajstić information content (AvgIpc) is 1.73. The lowest BCUT2D eigenvalue weighted by atomic mass is 10.0. The summed E-state index contributed by atoms with van der Waals surface area (Å²) in [6.45, 7) is 1.72. The highest BCUT2D eigenvalue weighted by molar-refractivity contribution is 8.00. The number of nitrogens with zero attached hydrogens (tertiary/aromatic N) is 9. The van der Waals surface area contributed by atoms with Crippen molar-refractivity contribution < 1.29 is 28.4 Å². The third-order valence-corrected chi connectivity index (χ3v) is 28.5. The molecule has 0 radical (unpaired) electrons. The second kappa shape index (κ2) is 48.0. The number of H-pyrrole nitrogens is 6. The minimum Gasteiger partial charge on any atom is -0.397 e. The lowest BCUT2D eigenvalue weighted by Gasteiger charge is -2.05. The molecule has 36 heteroatoms. The number of benzene rings is 10. The maximum atomic E-state index is 14.1. The molecule has 143 heavy (non-hydrogen) atoms. The van der Waals surface area contributed by atoms with Crippen molar-refractivity contribution in [2.75, 3.05) is 57.0 Å². The third kappa shape index (κ3) is 27.2. The number of nitrogens with two attached hydrogens (primary N) is 4. The van der Waals surface area contributed by atoms with Crippen molar-refractivity contribution in [2.45, 2.75) is 148 Å². The van der Waals surface area contributed by atoms with E-state index in [9.17, 15) is 52.3 Å². The van der Waals surface area contributed by atoms with Gasteiger partial charge in [-0.3, -0.25) is 63.2 Å². The largest absolute Gasteiger partial charge is 0.397 e. The Kier molecular flexibility index (Phi) is 33.9. The van der Waals surface area contributed by atoms with Crippen LogP contribution < -0.4 is 56.0 Å². The second-order valence-corrected chi connectivity index (χ2v) is 40.0. The van der Waals surface area contributed by atoms with Crippen LogP contribution >= 0.6 is 58.8 Å². The van der Waals surface area contributed by atoms with Crippen molar-refractivity contribution in [3.05, 3.63) is 309 Å². The highest BCUT2D eigenvalue weighted by Crippen LogP contribution is 2.37. The molecule has 9 heterocycles. The molecule has 0 spiro atoms. The fraction of sp³-hybridized carbons (Fsp3) is 0.234. The first-order valence-electron chi connectivity index (χ1n) is 46.7. The number of aliphatic imine (C=N–C) groups is 2. The zero-order valence-electron chi connectivity index (χ0n) is 78.4. The molecule has 30 nitrogen and oxygen atoms in total. The number of allylic oxidation sites excluding steroid dienone is 1. The Morgan fingerprint density at radius 1 is 0.385 bits per heavy atom. The van der Waals surface area contributed by atoms with Gasteiger partial charge >= 0.3 is 0 Å². The Hall–Kier alpha value is -15.0. The monoisotopic (exact) mass is 2010 g/mol. The summed E-state index contributed by atoms with van der Waals surface area (Å²) in [5.74, 6) is 4.18. The van der Waals surface area contributed by atoms with Crippen LogP contribution in [0, 0.1) is 12.7 Å². The highest BCUT2D eigenvalue weighted by atomic mass is 32.2. The minimum absolute atomic E-state index is 0.0630. The van der Waals surface area contributed by atoms with Gasteiger partial charge in [-0.05, 0) is 194 Å². The molecule has 2 aliphatic heterocycles. The number of nitrogens with one attached hydrogen (secondary N) is 7. The van der Waals surface area contributed by atoms with Gasteiger partial charge in [-0.15, -0.1) is 0 Å². The number of carbonyl (C=O) groups excluding carboxylic acids is 5. The molecule has 17 aromatic rings.